The van der Waals surface area contributed by atoms with E-state index in [4.69, 9.17) is 13.9 Å². The first kappa shape index (κ1) is 25.1. The van der Waals surface area contributed by atoms with Gasteiger partial charge in [0, 0.05) is 23.9 Å². The van der Waals surface area contributed by atoms with Gasteiger partial charge in [0.1, 0.15) is 11.4 Å². The molecule has 0 atom stereocenters. The fourth-order valence-electron chi connectivity index (χ4n) is 3.74. The number of carbonyl (C=O) groups excluding carboxylic acids is 2. The minimum atomic E-state index is -0.536. The Morgan fingerprint density at radius 2 is 1.79 bits per heavy atom. The Balaban J connectivity index is 1.93. The molecule has 7 nitrogen and oxygen atoms in total. The maximum absolute atomic E-state index is 13.7. The Bertz CT molecular complexity index is 1230. The molecule has 0 bridgehead atoms. The number of hydrogen-bond donors (Lipinski definition) is 2. The van der Waals surface area contributed by atoms with Gasteiger partial charge in [-0.15, -0.1) is 0 Å². The van der Waals surface area contributed by atoms with Crippen LogP contribution in [0.4, 0.5) is 5.88 Å². The van der Waals surface area contributed by atoms with Crippen LogP contribution in [0.25, 0.3) is 11.0 Å². The van der Waals surface area contributed by atoms with Crippen molar-refractivity contribution in [2.24, 2.45) is 0 Å². The number of hydrogen-bond acceptors (Lipinski definition) is 7. The first-order chi connectivity index (χ1) is 15.9. The van der Waals surface area contributed by atoms with Gasteiger partial charge < -0.3 is 24.3 Å². The number of nitrogens with one attached hydrogen (secondary N) is 1. The number of rotatable bonds is 8. The second kappa shape index (κ2) is 9.79. The van der Waals surface area contributed by atoms with E-state index in [1.54, 1.807) is 32.2 Å². The van der Waals surface area contributed by atoms with E-state index < -0.39 is 5.60 Å². The van der Waals surface area contributed by atoms with Crippen LogP contribution in [0.3, 0.4) is 0 Å². The second-order valence-corrected chi connectivity index (χ2v) is 9.48. The zero-order valence-electron chi connectivity index (χ0n) is 20.9. The molecule has 0 aliphatic heterocycles. The predicted octanol–water partition coefficient (Wildman–Crippen LogP) is 5.84. The summed E-state index contributed by atoms with van der Waals surface area (Å²) in [6.45, 7) is 11.5. The highest BCUT2D eigenvalue weighted by Gasteiger charge is 2.25. The monoisotopic (exact) mass is 467 g/mol. The van der Waals surface area contributed by atoms with Gasteiger partial charge in [-0.05, 0) is 82.9 Å². The van der Waals surface area contributed by atoms with Crippen LogP contribution in [-0.2, 0) is 9.53 Å². The van der Waals surface area contributed by atoms with Gasteiger partial charge in [-0.1, -0.05) is 6.07 Å². The van der Waals surface area contributed by atoms with Gasteiger partial charge in [-0.2, -0.15) is 0 Å². The van der Waals surface area contributed by atoms with Gasteiger partial charge in [0.05, 0.1) is 12.7 Å². The average Bonchev–Trinajstić information content (AvgIpc) is 3.13. The minimum absolute atomic E-state index is 0.00831. The molecular weight excluding hydrogens is 434 g/mol. The molecule has 0 saturated carbocycles. The highest BCUT2D eigenvalue weighted by molar-refractivity contribution is 6.20. The first-order valence-corrected chi connectivity index (χ1v) is 11.3. The first-order valence-electron chi connectivity index (χ1n) is 11.3. The molecule has 3 aromatic rings. The van der Waals surface area contributed by atoms with E-state index in [-0.39, 0.29) is 35.4 Å². The number of methoxy groups -OCH3 is 1. The molecule has 1 heterocycles. The van der Waals surface area contributed by atoms with E-state index >= 15 is 0 Å². The van der Waals surface area contributed by atoms with Gasteiger partial charge in [0.15, 0.2) is 17.1 Å². The summed E-state index contributed by atoms with van der Waals surface area (Å²) in [5, 5.41) is 14.2. The molecular formula is C27H33NO6. The Hall–Kier alpha value is -3.48. The van der Waals surface area contributed by atoms with Crippen molar-refractivity contribution in [2.45, 2.75) is 60.0 Å². The Morgan fingerprint density at radius 3 is 2.44 bits per heavy atom. The Kier molecular flexibility index (Phi) is 7.24. The van der Waals surface area contributed by atoms with Crippen LogP contribution in [0.5, 0.6) is 11.5 Å². The number of furan rings is 1. The summed E-state index contributed by atoms with van der Waals surface area (Å²) < 4.78 is 16.7. The molecule has 7 heteroatoms. The van der Waals surface area contributed by atoms with Crippen molar-refractivity contribution in [1.82, 2.24) is 0 Å². The molecule has 2 N–H and O–H groups in total. The fraction of sp³-hybridized carbons (Fsp3) is 0.407. The van der Waals surface area contributed by atoms with Crippen LogP contribution in [-0.4, -0.2) is 36.1 Å². The van der Waals surface area contributed by atoms with Crippen molar-refractivity contribution in [3.8, 4) is 11.5 Å². The molecule has 0 aliphatic carbocycles. The van der Waals surface area contributed by atoms with E-state index in [0.717, 1.165) is 11.1 Å². The van der Waals surface area contributed by atoms with Crippen LogP contribution in [0.1, 0.15) is 66.2 Å². The van der Waals surface area contributed by atoms with Gasteiger partial charge in [-0.3, -0.25) is 9.59 Å². The van der Waals surface area contributed by atoms with E-state index in [2.05, 4.69) is 5.32 Å². The molecule has 0 fully saturated rings. The van der Waals surface area contributed by atoms with Crippen LogP contribution in [0, 0.1) is 20.8 Å². The summed E-state index contributed by atoms with van der Waals surface area (Å²) in [5.74, 6) is 0.332. The number of ether oxygens (including phenoxy) is 2. The molecule has 0 spiro atoms. The summed E-state index contributed by atoms with van der Waals surface area (Å²) in [6, 6.07) is 7.05. The summed E-state index contributed by atoms with van der Waals surface area (Å²) in [7, 11) is 1.57. The zero-order valence-corrected chi connectivity index (χ0v) is 20.9. The number of anilines is 1. The summed E-state index contributed by atoms with van der Waals surface area (Å²) in [6.07, 6.45) is 0.717. The number of aryl methyl sites for hydroxylation is 2. The van der Waals surface area contributed by atoms with E-state index in [1.807, 2.05) is 40.7 Å². The van der Waals surface area contributed by atoms with Gasteiger partial charge in [-0.25, -0.2) is 0 Å². The lowest BCUT2D eigenvalue weighted by molar-refractivity contribution is -0.154. The van der Waals surface area contributed by atoms with Crippen molar-refractivity contribution >= 4 is 28.6 Å². The zero-order chi connectivity index (χ0) is 25.2. The molecule has 0 amide bonds. The number of phenolic OH excluding ortho intramolecular Hbond substituents is 1. The topological polar surface area (TPSA) is 98.0 Å². The normalized spacial score (nSPS) is 11.5. The van der Waals surface area contributed by atoms with Crippen LogP contribution >= 0.6 is 0 Å². The number of esters is 1. The van der Waals surface area contributed by atoms with Gasteiger partial charge in [0.25, 0.3) is 0 Å². The molecule has 34 heavy (non-hydrogen) atoms. The third-order valence-corrected chi connectivity index (χ3v) is 5.63. The molecule has 0 unspecified atom stereocenters. The smallest absolute Gasteiger partial charge is 0.306 e. The summed E-state index contributed by atoms with van der Waals surface area (Å²) in [5.41, 5.74) is 3.03. The average molecular weight is 468 g/mol. The third-order valence-electron chi connectivity index (χ3n) is 5.63. The Labute approximate surface area is 200 Å². The van der Waals surface area contributed by atoms with Crippen molar-refractivity contribution in [3.63, 3.8) is 0 Å². The number of phenols is 1. The highest BCUT2D eigenvalue weighted by Crippen LogP contribution is 2.39. The largest absolute Gasteiger partial charge is 0.504 e. The molecule has 1 aromatic heterocycles. The number of fused-ring (bicyclic) bond motifs is 1. The van der Waals surface area contributed by atoms with Crippen molar-refractivity contribution in [2.75, 3.05) is 19.0 Å². The van der Waals surface area contributed by atoms with Gasteiger partial charge >= 0.3 is 5.97 Å². The standard InChI is InChI=1S/C27H33NO6/c1-15-10-11-19-22(24(31)18-13-16(2)17(3)20(14-18)32-7)26(33-25(19)23(15)30)28-12-8-9-21(29)34-27(4,5)6/h10-11,13-14,28,30H,8-9,12H2,1-7H3. The van der Waals surface area contributed by atoms with Crippen molar-refractivity contribution in [3.05, 3.63) is 52.1 Å². The lowest BCUT2D eigenvalue weighted by Crippen LogP contribution is -2.24. The van der Waals surface area contributed by atoms with Crippen LogP contribution in [0.2, 0.25) is 0 Å². The molecule has 3 rings (SSSR count). The van der Waals surface area contributed by atoms with E-state index in [0.29, 0.717) is 40.8 Å². The van der Waals surface area contributed by atoms with Crippen LogP contribution in [0.15, 0.2) is 28.7 Å². The predicted molar refractivity (Wildman–Crippen MR) is 132 cm³/mol. The van der Waals surface area contributed by atoms with E-state index in [1.165, 1.54) is 0 Å². The quantitative estimate of drug-likeness (QED) is 0.244. The Morgan fingerprint density at radius 1 is 1.09 bits per heavy atom. The molecule has 2 aromatic carbocycles. The SMILES string of the molecule is COc1cc(C(=O)c2c(NCCCC(=O)OC(C)(C)C)oc3c(O)c(C)ccc23)cc(C)c1C. The molecule has 0 radical (unpaired) electrons. The van der Waals surface area contributed by atoms with Crippen LogP contribution < -0.4 is 10.1 Å². The van der Waals surface area contributed by atoms with E-state index in [9.17, 15) is 14.7 Å². The summed E-state index contributed by atoms with van der Waals surface area (Å²) >= 11 is 0. The summed E-state index contributed by atoms with van der Waals surface area (Å²) in [4.78, 5) is 25.7. The highest BCUT2D eigenvalue weighted by atomic mass is 16.6. The van der Waals surface area contributed by atoms with Crippen molar-refractivity contribution in [1.29, 1.82) is 0 Å². The second-order valence-electron chi connectivity index (χ2n) is 9.48. The minimum Gasteiger partial charge on any atom is -0.504 e. The third kappa shape index (κ3) is 5.35. The number of benzene rings is 2. The number of ketones is 1. The molecule has 0 aliphatic rings. The molecule has 182 valence electrons. The number of aromatic hydroxyl groups is 1. The fourth-order valence-corrected chi connectivity index (χ4v) is 3.74. The van der Waals surface area contributed by atoms with Crippen molar-refractivity contribution < 1.29 is 28.6 Å². The number of carbonyl (C=O) groups is 2. The van der Waals surface area contributed by atoms with Gasteiger partial charge in [0.2, 0.25) is 5.88 Å². The maximum Gasteiger partial charge on any atom is 0.306 e. The maximum atomic E-state index is 13.7. The lowest BCUT2D eigenvalue weighted by atomic mass is 9.97. The lowest BCUT2D eigenvalue weighted by Gasteiger charge is -2.19. The molecule has 0 saturated heterocycles.